The fraction of sp³-hybridized carbons (Fsp3) is 0.312. The van der Waals surface area contributed by atoms with Gasteiger partial charge in [-0.2, -0.15) is 13.5 Å². The first-order chi connectivity index (χ1) is 13.0. The molecule has 0 fully saturated rings. The van der Waals surface area contributed by atoms with E-state index in [0.717, 1.165) is 34.5 Å². The molecule has 0 aliphatic heterocycles. The van der Waals surface area contributed by atoms with E-state index in [2.05, 4.69) is 15.2 Å². The monoisotopic (exact) mass is 463 g/mol. The highest BCUT2D eigenvalue weighted by Gasteiger charge is 2.29. The lowest BCUT2D eigenvalue weighted by atomic mass is 9.81. The van der Waals surface area contributed by atoms with Crippen LogP contribution in [-0.2, 0) is 16.5 Å². The zero-order chi connectivity index (χ0) is 21.1. The predicted molar refractivity (Wildman–Crippen MR) is 114 cm³/mol. The molecule has 1 aliphatic rings. The lowest BCUT2D eigenvalue weighted by Crippen LogP contribution is -2.24. The van der Waals surface area contributed by atoms with Gasteiger partial charge in [0.05, 0.1) is 26.3 Å². The normalized spacial score (nSPS) is 17.5. The maximum atomic E-state index is 9.19. The van der Waals surface area contributed by atoms with Gasteiger partial charge in [0.25, 0.3) is 10.1 Å². The lowest BCUT2D eigenvalue weighted by Gasteiger charge is -2.25. The molecule has 0 amide bonds. The summed E-state index contributed by atoms with van der Waals surface area (Å²) < 4.78 is 27.3. The SMILES string of the molecule is CS(=O)(=O)O.Cc1ccnc2c1/C(=N\N=C(N)N)CC(c1cc(Cl)sc1Cl)C2. The van der Waals surface area contributed by atoms with E-state index in [4.69, 9.17) is 39.2 Å². The van der Waals surface area contributed by atoms with Gasteiger partial charge in [-0.1, -0.05) is 23.2 Å². The van der Waals surface area contributed by atoms with Crippen molar-refractivity contribution in [2.45, 2.75) is 25.7 Å². The van der Waals surface area contributed by atoms with Crippen molar-refractivity contribution < 1.29 is 13.0 Å². The van der Waals surface area contributed by atoms with E-state index >= 15 is 0 Å². The van der Waals surface area contributed by atoms with Crippen LogP contribution in [0.25, 0.3) is 0 Å². The van der Waals surface area contributed by atoms with Crippen LogP contribution in [0.3, 0.4) is 0 Å². The summed E-state index contributed by atoms with van der Waals surface area (Å²) in [5.41, 5.74) is 15.8. The van der Waals surface area contributed by atoms with Gasteiger partial charge in [0.15, 0.2) is 0 Å². The van der Waals surface area contributed by atoms with Crippen LogP contribution in [0.4, 0.5) is 0 Å². The van der Waals surface area contributed by atoms with E-state index in [1.165, 1.54) is 11.3 Å². The molecule has 5 N–H and O–H groups in total. The number of aryl methyl sites for hydroxylation is 1. The second-order valence-corrected chi connectivity index (χ2v) is 9.89. The van der Waals surface area contributed by atoms with Crippen molar-refractivity contribution >= 4 is 56.3 Å². The number of nitrogens with zero attached hydrogens (tertiary/aromatic N) is 3. The summed E-state index contributed by atoms with van der Waals surface area (Å²) in [6.45, 7) is 2.03. The molecular formula is C16H19Cl2N5O3S2. The molecule has 152 valence electrons. The van der Waals surface area contributed by atoms with Crippen molar-refractivity contribution in [1.29, 1.82) is 0 Å². The van der Waals surface area contributed by atoms with Gasteiger partial charge in [0, 0.05) is 11.8 Å². The molecule has 8 nitrogen and oxygen atoms in total. The number of pyridine rings is 1. The molecule has 1 unspecified atom stereocenters. The number of aromatic nitrogens is 1. The smallest absolute Gasteiger partial charge is 0.261 e. The van der Waals surface area contributed by atoms with E-state index in [1.807, 2.05) is 19.1 Å². The Kier molecular flexibility index (Phi) is 7.40. The average Bonchev–Trinajstić information content (AvgIpc) is 2.89. The highest BCUT2D eigenvalue weighted by molar-refractivity contribution is 7.85. The molecule has 0 saturated heterocycles. The summed E-state index contributed by atoms with van der Waals surface area (Å²) >= 11 is 13.8. The largest absolute Gasteiger partial charge is 0.369 e. The molecule has 12 heteroatoms. The Morgan fingerprint density at radius 1 is 1.36 bits per heavy atom. The van der Waals surface area contributed by atoms with Crippen LogP contribution in [0.5, 0.6) is 0 Å². The minimum absolute atomic E-state index is 0.0701. The Hall–Kier alpha value is -1.72. The standard InChI is InChI=1S/C15H15Cl2N5S.CH4O3S/c1-7-2-3-20-10-4-8(9-6-12(16)23-14(9)17)5-11(13(7)10)21-22-15(18)19;1-5(2,3)4/h2-3,6,8H,4-5H2,1H3,(H4,18,19,22);1H3,(H,2,3,4)/b21-11-;. The third-order valence-corrected chi connectivity index (χ3v) is 5.33. The Morgan fingerprint density at radius 3 is 2.54 bits per heavy atom. The van der Waals surface area contributed by atoms with Crippen molar-refractivity contribution in [3.05, 3.63) is 49.4 Å². The van der Waals surface area contributed by atoms with Gasteiger partial charge in [-0.3, -0.25) is 9.54 Å². The van der Waals surface area contributed by atoms with Gasteiger partial charge in [0.1, 0.15) is 0 Å². The van der Waals surface area contributed by atoms with E-state index in [1.54, 1.807) is 6.20 Å². The van der Waals surface area contributed by atoms with Crippen molar-refractivity contribution in [1.82, 2.24) is 4.98 Å². The van der Waals surface area contributed by atoms with Crippen LogP contribution in [-0.4, -0.2) is 35.9 Å². The molecule has 3 rings (SSSR count). The highest BCUT2D eigenvalue weighted by atomic mass is 35.5. The quantitative estimate of drug-likeness (QED) is 0.270. The zero-order valence-electron chi connectivity index (χ0n) is 15.1. The lowest BCUT2D eigenvalue weighted by molar-refractivity contribution is 0.490. The summed E-state index contributed by atoms with van der Waals surface area (Å²) in [5.74, 6) is 0.0836. The number of nitrogens with two attached hydrogens (primary N) is 2. The molecule has 0 radical (unpaired) electrons. The maximum Gasteiger partial charge on any atom is 0.261 e. The summed E-state index contributed by atoms with van der Waals surface area (Å²) in [7, 11) is -3.67. The Balaban J connectivity index is 0.000000500. The minimum Gasteiger partial charge on any atom is -0.369 e. The topological polar surface area (TPSA) is 144 Å². The summed E-state index contributed by atoms with van der Waals surface area (Å²) in [4.78, 5) is 4.51. The van der Waals surface area contributed by atoms with Gasteiger partial charge < -0.3 is 11.5 Å². The van der Waals surface area contributed by atoms with Crippen LogP contribution in [0, 0.1) is 6.92 Å². The number of hydrogen-bond donors (Lipinski definition) is 3. The van der Waals surface area contributed by atoms with Gasteiger partial charge in [-0.15, -0.1) is 16.4 Å². The van der Waals surface area contributed by atoms with Crippen molar-refractivity contribution in [2.24, 2.45) is 21.7 Å². The second-order valence-electron chi connectivity index (χ2n) is 6.14. The summed E-state index contributed by atoms with van der Waals surface area (Å²) in [5, 5.41) is 8.06. The first kappa shape index (κ1) is 22.6. The van der Waals surface area contributed by atoms with Crippen molar-refractivity contribution in [3.63, 3.8) is 0 Å². The van der Waals surface area contributed by atoms with Gasteiger partial charge in [-0.05, 0) is 48.9 Å². The fourth-order valence-corrected chi connectivity index (χ4v) is 4.49. The third kappa shape index (κ3) is 6.42. The maximum absolute atomic E-state index is 9.19. The van der Waals surface area contributed by atoms with Crippen molar-refractivity contribution in [2.75, 3.05) is 6.26 Å². The highest BCUT2D eigenvalue weighted by Crippen LogP contribution is 2.41. The molecule has 2 aromatic rings. The Morgan fingerprint density at radius 2 is 2.00 bits per heavy atom. The molecule has 0 bridgehead atoms. The number of rotatable bonds is 2. The fourth-order valence-electron chi connectivity index (χ4n) is 2.86. The van der Waals surface area contributed by atoms with Crippen LogP contribution >= 0.6 is 34.5 Å². The average molecular weight is 464 g/mol. The Bertz CT molecular complexity index is 1020. The molecular weight excluding hydrogens is 445 g/mol. The first-order valence-corrected chi connectivity index (χ1v) is 11.3. The van der Waals surface area contributed by atoms with Gasteiger partial charge in [-0.25, -0.2) is 0 Å². The van der Waals surface area contributed by atoms with E-state index in [9.17, 15) is 8.42 Å². The van der Waals surface area contributed by atoms with Crippen molar-refractivity contribution in [3.8, 4) is 0 Å². The van der Waals surface area contributed by atoms with E-state index in [-0.39, 0.29) is 11.9 Å². The Labute approximate surface area is 177 Å². The summed E-state index contributed by atoms with van der Waals surface area (Å²) in [6, 6.07) is 3.87. The summed E-state index contributed by atoms with van der Waals surface area (Å²) in [6.07, 6.45) is 3.98. The number of halogens is 2. The molecule has 0 spiro atoms. The minimum atomic E-state index is -3.67. The van der Waals surface area contributed by atoms with E-state index in [0.29, 0.717) is 21.3 Å². The number of hydrogen-bond acceptors (Lipinski definition) is 6. The van der Waals surface area contributed by atoms with Crippen LogP contribution in [0.15, 0.2) is 28.5 Å². The second kappa shape index (κ2) is 9.19. The van der Waals surface area contributed by atoms with Gasteiger partial charge in [0.2, 0.25) is 5.96 Å². The van der Waals surface area contributed by atoms with E-state index < -0.39 is 10.1 Å². The van der Waals surface area contributed by atoms with Crippen LogP contribution < -0.4 is 11.5 Å². The zero-order valence-corrected chi connectivity index (χ0v) is 18.2. The molecule has 2 aromatic heterocycles. The molecule has 2 heterocycles. The molecule has 28 heavy (non-hydrogen) atoms. The first-order valence-electron chi connectivity index (χ1n) is 7.93. The van der Waals surface area contributed by atoms with Crippen LogP contribution in [0.2, 0.25) is 8.67 Å². The number of guanidine groups is 1. The molecule has 0 aromatic carbocycles. The molecule has 1 aliphatic carbocycles. The third-order valence-electron chi connectivity index (χ3n) is 3.81. The molecule has 0 saturated carbocycles. The number of fused-ring (bicyclic) bond motifs is 1. The number of thiophene rings is 1. The van der Waals surface area contributed by atoms with Crippen LogP contribution in [0.1, 0.15) is 34.7 Å². The van der Waals surface area contributed by atoms with Gasteiger partial charge >= 0.3 is 0 Å². The molecule has 1 atom stereocenters. The predicted octanol–water partition coefficient (Wildman–Crippen LogP) is 2.97.